The van der Waals surface area contributed by atoms with Gasteiger partial charge in [0.2, 0.25) is 5.89 Å². The van der Waals surface area contributed by atoms with Crippen LogP contribution in [0.15, 0.2) is 52.3 Å². The zero-order valence-corrected chi connectivity index (χ0v) is 15.2. The summed E-state index contributed by atoms with van der Waals surface area (Å²) >= 11 is 1.55. The molecule has 0 saturated carbocycles. The number of aromatic nitrogens is 1. The number of thiophene rings is 1. The van der Waals surface area contributed by atoms with E-state index >= 15 is 0 Å². The van der Waals surface area contributed by atoms with Crippen molar-refractivity contribution in [2.45, 2.75) is 19.9 Å². The topological polar surface area (TPSA) is 81.4 Å². The molecule has 1 aromatic carbocycles. The van der Waals surface area contributed by atoms with E-state index in [4.69, 9.17) is 9.15 Å². The average molecular weight is 370 g/mol. The highest BCUT2D eigenvalue weighted by Crippen LogP contribution is 2.22. The van der Waals surface area contributed by atoms with Crippen molar-refractivity contribution in [3.63, 3.8) is 0 Å². The predicted octanol–water partition coefficient (Wildman–Crippen LogP) is 3.75. The highest BCUT2D eigenvalue weighted by molar-refractivity contribution is 7.10. The molecule has 0 unspecified atom stereocenters. The molecule has 2 heterocycles. The Bertz CT molecular complexity index is 888. The first-order chi connectivity index (χ1) is 12.5. The highest BCUT2D eigenvalue weighted by Gasteiger charge is 2.21. The standard InChI is InChI=1S/C19H18N2O4S/c1-12(15-9-6-10-26-15)20-16(22)11-24-19(23)17-13(2)25-18(21-17)14-7-4-3-5-8-14/h3-10,12H,11H2,1-2H3,(H,20,22)/t12-/m1/s1. The lowest BCUT2D eigenvalue weighted by Gasteiger charge is -2.12. The molecule has 0 fully saturated rings. The Kier molecular flexibility index (Phi) is 5.48. The maximum atomic E-state index is 12.2. The van der Waals surface area contributed by atoms with E-state index in [9.17, 15) is 9.59 Å². The van der Waals surface area contributed by atoms with Crippen LogP contribution in [-0.4, -0.2) is 23.5 Å². The molecule has 134 valence electrons. The van der Waals surface area contributed by atoms with Crippen molar-refractivity contribution in [2.24, 2.45) is 0 Å². The maximum absolute atomic E-state index is 12.2. The van der Waals surface area contributed by atoms with Crippen molar-refractivity contribution in [3.8, 4) is 11.5 Å². The number of amides is 1. The summed E-state index contributed by atoms with van der Waals surface area (Å²) in [5, 5.41) is 4.73. The molecule has 0 spiro atoms. The number of esters is 1. The molecule has 6 nitrogen and oxygen atoms in total. The zero-order chi connectivity index (χ0) is 18.5. The van der Waals surface area contributed by atoms with Crippen LogP contribution in [0.1, 0.15) is 34.1 Å². The van der Waals surface area contributed by atoms with Gasteiger partial charge >= 0.3 is 5.97 Å². The van der Waals surface area contributed by atoms with Crippen molar-refractivity contribution in [1.82, 2.24) is 10.3 Å². The minimum atomic E-state index is -0.688. The molecule has 0 radical (unpaired) electrons. The number of rotatable bonds is 6. The fraction of sp³-hybridized carbons (Fsp3) is 0.211. The van der Waals surface area contributed by atoms with Crippen molar-refractivity contribution >= 4 is 23.2 Å². The first kappa shape index (κ1) is 17.9. The zero-order valence-electron chi connectivity index (χ0n) is 14.4. The second kappa shape index (κ2) is 7.97. The summed E-state index contributed by atoms with van der Waals surface area (Å²) in [7, 11) is 0. The Morgan fingerprint density at radius 3 is 2.69 bits per heavy atom. The smallest absolute Gasteiger partial charge is 0.361 e. The maximum Gasteiger partial charge on any atom is 0.361 e. The summed E-state index contributed by atoms with van der Waals surface area (Å²) in [5.74, 6) is -0.372. The molecule has 0 aliphatic carbocycles. The number of hydrogen-bond acceptors (Lipinski definition) is 6. The first-order valence-electron chi connectivity index (χ1n) is 8.07. The van der Waals surface area contributed by atoms with E-state index in [0.29, 0.717) is 11.7 Å². The molecule has 0 bridgehead atoms. The number of ether oxygens (including phenoxy) is 1. The molecule has 3 aromatic rings. The number of benzene rings is 1. The average Bonchev–Trinajstić information content (AvgIpc) is 3.30. The summed E-state index contributed by atoms with van der Waals surface area (Å²) in [6, 6.07) is 13.0. The number of nitrogens with zero attached hydrogens (tertiary/aromatic N) is 1. The van der Waals surface area contributed by atoms with E-state index < -0.39 is 5.97 Å². The van der Waals surface area contributed by atoms with Gasteiger partial charge in [-0.25, -0.2) is 9.78 Å². The van der Waals surface area contributed by atoms with Crippen LogP contribution in [0.5, 0.6) is 0 Å². The molecule has 26 heavy (non-hydrogen) atoms. The van der Waals surface area contributed by atoms with E-state index in [-0.39, 0.29) is 24.2 Å². The molecule has 1 N–H and O–H groups in total. The quantitative estimate of drug-likeness (QED) is 0.669. The van der Waals surface area contributed by atoms with Gasteiger partial charge in [0.1, 0.15) is 5.76 Å². The fourth-order valence-corrected chi connectivity index (χ4v) is 3.12. The summed E-state index contributed by atoms with van der Waals surface area (Å²) in [6.45, 7) is 3.13. The highest BCUT2D eigenvalue weighted by atomic mass is 32.1. The minimum absolute atomic E-state index is 0.0722. The molecule has 3 rings (SSSR count). The number of aryl methyl sites for hydroxylation is 1. The lowest BCUT2D eigenvalue weighted by Crippen LogP contribution is -2.30. The van der Waals surface area contributed by atoms with Gasteiger partial charge in [0.25, 0.3) is 5.91 Å². The predicted molar refractivity (Wildman–Crippen MR) is 97.8 cm³/mol. The molecular formula is C19H18N2O4S. The van der Waals surface area contributed by atoms with Crippen LogP contribution in [0.25, 0.3) is 11.5 Å². The molecule has 1 atom stereocenters. The normalized spacial score (nSPS) is 11.8. The third-order valence-electron chi connectivity index (χ3n) is 3.69. The van der Waals surface area contributed by atoms with Crippen LogP contribution in [0, 0.1) is 6.92 Å². The molecular weight excluding hydrogens is 352 g/mol. The van der Waals surface area contributed by atoms with Crippen molar-refractivity contribution in [3.05, 3.63) is 64.2 Å². The number of carbonyl (C=O) groups excluding carboxylic acids is 2. The van der Waals surface area contributed by atoms with Gasteiger partial charge in [-0.3, -0.25) is 4.79 Å². The molecule has 0 saturated heterocycles. The summed E-state index contributed by atoms with van der Waals surface area (Å²) in [6.07, 6.45) is 0. The van der Waals surface area contributed by atoms with Gasteiger partial charge in [-0.1, -0.05) is 24.3 Å². The van der Waals surface area contributed by atoms with Crippen LogP contribution in [0.4, 0.5) is 0 Å². The van der Waals surface area contributed by atoms with Crippen molar-refractivity contribution in [1.29, 1.82) is 0 Å². The third kappa shape index (κ3) is 4.18. The summed E-state index contributed by atoms with van der Waals surface area (Å²) in [4.78, 5) is 29.4. The molecule has 1 amide bonds. The van der Waals surface area contributed by atoms with Crippen LogP contribution in [0.2, 0.25) is 0 Å². The van der Waals surface area contributed by atoms with E-state index in [2.05, 4.69) is 10.3 Å². The molecule has 0 aliphatic heterocycles. The number of oxazole rings is 1. The van der Waals surface area contributed by atoms with Gasteiger partial charge in [0.05, 0.1) is 6.04 Å². The van der Waals surface area contributed by atoms with E-state index in [1.54, 1.807) is 18.3 Å². The van der Waals surface area contributed by atoms with E-state index in [1.165, 1.54) is 0 Å². The number of hydrogen-bond donors (Lipinski definition) is 1. The molecule has 0 aliphatic rings. The van der Waals surface area contributed by atoms with Crippen LogP contribution in [-0.2, 0) is 9.53 Å². The van der Waals surface area contributed by atoms with E-state index in [1.807, 2.05) is 54.8 Å². The SMILES string of the molecule is Cc1oc(-c2ccccc2)nc1C(=O)OCC(=O)N[C@H](C)c1cccs1. The third-order valence-corrected chi connectivity index (χ3v) is 4.75. The van der Waals surface area contributed by atoms with Gasteiger partial charge in [-0.2, -0.15) is 0 Å². The van der Waals surface area contributed by atoms with Crippen molar-refractivity contribution < 1.29 is 18.7 Å². The van der Waals surface area contributed by atoms with Crippen LogP contribution >= 0.6 is 11.3 Å². The van der Waals surface area contributed by atoms with E-state index in [0.717, 1.165) is 10.4 Å². The lowest BCUT2D eigenvalue weighted by molar-refractivity contribution is -0.124. The lowest BCUT2D eigenvalue weighted by atomic mass is 10.2. The van der Waals surface area contributed by atoms with Gasteiger partial charge in [0.15, 0.2) is 12.3 Å². The Morgan fingerprint density at radius 2 is 2.00 bits per heavy atom. The fourth-order valence-electron chi connectivity index (χ4n) is 2.38. The van der Waals surface area contributed by atoms with Crippen molar-refractivity contribution in [2.75, 3.05) is 6.61 Å². The molecule has 7 heteroatoms. The minimum Gasteiger partial charge on any atom is -0.451 e. The monoisotopic (exact) mass is 370 g/mol. The second-order valence-corrected chi connectivity index (χ2v) is 6.65. The first-order valence-corrected chi connectivity index (χ1v) is 8.95. The van der Waals surface area contributed by atoms with Gasteiger partial charge in [-0.15, -0.1) is 11.3 Å². The van der Waals surface area contributed by atoms with Gasteiger partial charge < -0.3 is 14.5 Å². The van der Waals surface area contributed by atoms with Crippen LogP contribution in [0.3, 0.4) is 0 Å². The second-order valence-electron chi connectivity index (χ2n) is 5.67. The number of carbonyl (C=O) groups is 2. The Labute approximate surface area is 154 Å². The van der Waals surface area contributed by atoms with Gasteiger partial charge in [-0.05, 0) is 37.4 Å². The summed E-state index contributed by atoms with van der Waals surface area (Å²) in [5.41, 5.74) is 0.833. The number of nitrogens with one attached hydrogen (secondary N) is 1. The largest absolute Gasteiger partial charge is 0.451 e. The summed E-state index contributed by atoms with van der Waals surface area (Å²) < 4.78 is 10.6. The van der Waals surface area contributed by atoms with Crippen LogP contribution < -0.4 is 5.32 Å². The Morgan fingerprint density at radius 1 is 1.23 bits per heavy atom. The van der Waals surface area contributed by atoms with Gasteiger partial charge in [0, 0.05) is 10.4 Å². The molecule has 2 aromatic heterocycles. The Balaban J connectivity index is 1.58. The Hall–Kier alpha value is -2.93.